The molecule has 2 aliphatic rings. The molecule has 2 aromatic rings. The van der Waals surface area contributed by atoms with Gasteiger partial charge in [-0.15, -0.1) is 0 Å². The lowest BCUT2D eigenvalue weighted by Gasteiger charge is -2.43. The predicted octanol–water partition coefficient (Wildman–Crippen LogP) is 0.957. The largest absolute Gasteiger partial charge is 0.397 e. The predicted molar refractivity (Wildman–Crippen MR) is 111 cm³/mol. The molecule has 0 amide bonds. The minimum Gasteiger partial charge on any atom is -0.397 e. The maximum atomic E-state index is 5.91. The fourth-order valence-corrected chi connectivity index (χ4v) is 3.46. The Balaban J connectivity index is 1.39. The van der Waals surface area contributed by atoms with Gasteiger partial charge in [-0.2, -0.15) is 0 Å². The Morgan fingerprint density at radius 1 is 0.552 bits per heavy atom. The van der Waals surface area contributed by atoms with E-state index in [0.29, 0.717) is 71.7 Å². The van der Waals surface area contributed by atoms with Crippen molar-refractivity contribution in [3.8, 4) is 0 Å². The molecule has 0 bridgehead atoms. The van der Waals surface area contributed by atoms with Gasteiger partial charge in [0.25, 0.3) is 0 Å². The van der Waals surface area contributed by atoms with Crippen LogP contribution in [-0.2, 0) is 18.9 Å². The van der Waals surface area contributed by atoms with Crippen LogP contribution in [0.25, 0.3) is 0 Å². The van der Waals surface area contributed by atoms with E-state index in [0.717, 1.165) is 0 Å². The van der Waals surface area contributed by atoms with E-state index in [1.54, 1.807) is 24.3 Å². The molecule has 2 fully saturated rings. The Kier molecular flexibility index (Phi) is 4.79. The third-order valence-electron chi connectivity index (χ3n) is 5.24. The van der Waals surface area contributed by atoms with Gasteiger partial charge in [-0.3, -0.25) is 0 Å². The third-order valence-corrected chi connectivity index (χ3v) is 5.24. The highest BCUT2D eigenvalue weighted by atomic mass is 16.7. The molecule has 12 N–H and O–H groups in total. The molecule has 10 nitrogen and oxygen atoms in total. The Morgan fingerprint density at radius 2 is 0.828 bits per heavy atom. The Hall–Kier alpha value is -2.92. The van der Waals surface area contributed by atoms with Crippen molar-refractivity contribution in [2.45, 2.75) is 12.6 Å². The van der Waals surface area contributed by atoms with Gasteiger partial charge in [0, 0.05) is 11.1 Å². The van der Waals surface area contributed by atoms with Crippen molar-refractivity contribution in [1.29, 1.82) is 0 Å². The van der Waals surface area contributed by atoms with Gasteiger partial charge >= 0.3 is 0 Å². The average molecular weight is 402 g/mol. The van der Waals surface area contributed by atoms with Crippen LogP contribution in [0.15, 0.2) is 24.3 Å². The van der Waals surface area contributed by atoms with Gasteiger partial charge in [-0.05, 0) is 24.3 Å². The molecule has 4 rings (SSSR count). The molecule has 2 saturated heterocycles. The van der Waals surface area contributed by atoms with Crippen LogP contribution in [0.1, 0.15) is 23.7 Å². The lowest BCUT2D eigenvalue weighted by Crippen LogP contribution is -2.49. The maximum Gasteiger partial charge on any atom is 0.184 e. The summed E-state index contributed by atoms with van der Waals surface area (Å²) in [6.45, 7) is 1.56. The molecular weight excluding hydrogens is 376 g/mol. The molecule has 0 unspecified atom stereocenters. The topological polar surface area (TPSA) is 193 Å². The number of rotatable bonds is 2. The summed E-state index contributed by atoms with van der Waals surface area (Å²) >= 11 is 0. The van der Waals surface area contributed by atoms with Crippen LogP contribution in [0.2, 0.25) is 0 Å². The van der Waals surface area contributed by atoms with Gasteiger partial charge in [0.05, 0.1) is 66.0 Å². The fraction of sp³-hybridized carbons (Fsp3) is 0.368. The second kappa shape index (κ2) is 7.16. The lowest BCUT2D eigenvalue weighted by atomic mass is 9.90. The fourth-order valence-electron chi connectivity index (χ4n) is 3.46. The van der Waals surface area contributed by atoms with Crippen LogP contribution < -0.4 is 34.4 Å². The van der Waals surface area contributed by atoms with Crippen LogP contribution in [0.5, 0.6) is 0 Å². The van der Waals surface area contributed by atoms with E-state index in [-0.39, 0.29) is 0 Å². The Morgan fingerprint density at radius 3 is 1.10 bits per heavy atom. The Bertz CT molecular complexity index is 796. The van der Waals surface area contributed by atoms with Crippen molar-refractivity contribution < 1.29 is 18.9 Å². The highest BCUT2D eigenvalue weighted by Crippen LogP contribution is 2.40. The smallest absolute Gasteiger partial charge is 0.184 e. The highest BCUT2D eigenvalue weighted by molar-refractivity contribution is 5.78. The molecule has 1 spiro atoms. The van der Waals surface area contributed by atoms with Crippen molar-refractivity contribution >= 4 is 34.1 Å². The number of nitrogen functional groups attached to an aromatic ring is 6. The molecular formula is C19H26N6O4. The van der Waals surface area contributed by atoms with Crippen molar-refractivity contribution in [3.63, 3.8) is 0 Å². The number of nitrogens with two attached hydrogens (primary N) is 6. The molecule has 2 aliphatic heterocycles. The molecule has 2 aromatic carbocycles. The standard InChI is InChI=1S/C19H26N6O4/c20-11-1-9(2-12(21)15(11)24)17-26-5-19(6-27-17)7-28-18(29-8-19)10-3-13(22)16(25)14(23)4-10/h1-4,17-18H,5-8,20-25H2. The summed E-state index contributed by atoms with van der Waals surface area (Å²) in [5.74, 6) is 0. The number of ether oxygens (including phenoxy) is 4. The summed E-state index contributed by atoms with van der Waals surface area (Å²) in [6.07, 6.45) is -1.17. The van der Waals surface area contributed by atoms with E-state index in [1.807, 2.05) is 0 Å². The quantitative estimate of drug-likeness (QED) is 0.394. The first-order valence-electron chi connectivity index (χ1n) is 9.13. The SMILES string of the molecule is Nc1cc(C2OCC3(CO2)COC(c2cc(N)c(N)c(N)c2)OC3)cc(N)c1N. The average Bonchev–Trinajstić information content (AvgIpc) is 2.71. The first-order chi connectivity index (χ1) is 13.8. The van der Waals surface area contributed by atoms with Crippen molar-refractivity contribution in [3.05, 3.63) is 35.4 Å². The van der Waals surface area contributed by atoms with Gasteiger partial charge in [0.1, 0.15) is 0 Å². The molecule has 156 valence electrons. The molecule has 29 heavy (non-hydrogen) atoms. The molecule has 0 aliphatic carbocycles. The van der Waals surface area contributed by atoms with Gasteiger partial charge in [0.2, 0.25) is 0 Å². The van der Waals surface area contributed by atoms with Crippen LogP contribution in [0, 0.1) is 5.41 Å². The van der Waals surface area contributed by atoms with E-state index < -0.39 is 18.0 Å². The lowest BCUT2D eigenvalue weighted by molar-refractivity contribution is -0.307. The van der Waals surface area contributed by atoms with Crippen molar-refractivity contribution in [2.75, 3.05) is 60.8 Å². The number of benzene rings is 2. The van der Waals surface area contributed by atoms with Gasteiger partial charge in [-0.25, -0.2) is 0 Å². The molecule has 0 saturated carbocycles. The molecule has 0 atom stereocenters. The normalized spacial score (nSPS) is 27.2. The summed E-state index contributed by atoms with van der Waals surface area (Å²) in [5.41, 5.74) is 38.4. The zero-order chi connectivity index (χ0) is 20.8. The van der Waals surface area contributed by atoms with Crippen molar-refractivity contribution in [2.24, 2.45) is 5.41 Å². The zero-order valence-electron chi connectivity index (χ0n) is 15.9. The maximum absolute atomic E-state index is 5.91. The minimum atomic E-state index is -0.583. The summed E-state index contributed by atoms with van der Waals surface area (Å²) in [6, 6.07) is 6.81. The molecule has 0 aromatic heterocycles. The monoisotopic (exact) mass is 402 g/mol. The Labute approximate surface area is 168 Å². The van der Waals surface area contributed by atoms with E-state index in [1.165, 1.54) is 0 Å². The number of anilines is 6. The van der Waals surface area contributed by atoms with Crippen LogP contribution >= 0.6 is 0 Å². The summed E-state index contributed by atoms with van der Waals surface area (Å²) in [5, 5.41) is 0. The highest BCUT2D eigenvalue weighted by Gasteiger charge is 2.42. The van der Waals surface area contributed by atoms with Crippen LogP contribution in [-0.4, -0.2) is 26.4 Å². The summed E-state index contributed by atoms with van der Waals surface area (Å²) in [4.78, 5) is 0. The van der Waals surface area contributed by atoms with Gasteiger partial charge in [-0.1, -0.05) is 0 Å². The minimum absolute atomic E-state index is 0.352. The third kappa shape index (κ3) is 3.58. The first kappa shape index (κ1) is 19.4. The van der Waals surface area contributed by atoms with Gasteiger partial charge < -0.3 is 53.3 Å². The van der Waals surface area contributed by atoms with Crippen molar-refractivity contribution in [1.82, 2.24) is 0 Å². The van der Waals surface area contributed by atoms with Crippen LogP contribution in [0.3, 0.4) is 0 Å². The molecule has 10 heteroatoms. The van der Waals surface area contributed by atoms with E-state index in [2.05, 4.69) is 0 Å². The summed E-state index contributed by atoms with van der Waals surface area (Å²) < 4.78 is 23.6. The number of hydrogen-bond acceptors (Lipinski definition) is 10. The van der Waals surface area contributed by atoms with E-state index in [9.17, 15) is 0 Å². The number of hydrogen-bond donors (Lipinski definition) is 6. The van der Waals surface area contributed by atoms with E-state index in [4.69, 9.17) is 53.3 Å². The van der Waals surface area contributed by atoms with Gasteiger partial charge in [0.15, 0.2) is 12.6 Å². The molecule has 0 radical (unpaired) electrons. The second-order valence-corrected chi connectivity index (χ2v) is 7.63. The van der Waals surface area contributed by atoms with Crippen LogP contribution in [0.4, 0.5) is 34.1 Å². The summed E-state index contributed by atoms with van der Waals surface area (Å²) in [7, 11) is 0. The van der Waals surface area contributed by atoms with E-state index >= 15 is 0 Å². The zero-order valence-corrected chi connectivity index (χ0v) is 15.9. The molecule has 2 heterocycles. The first-order valence-corrected chi connectivity index (χ1v) is 9.13. The second-order valence-electron chi connectivity index (χ2n) is 7.63.